The molecule has 26 heavy (non-hydrogen) atoms. The summed E-state index contributed by atoms with van der Waals surface area (Å²) < 4.78 is 3.82. The zero-order chi connectivity index (χ0) is 17.9. The first kappa shape index (κ1) is 16.6. The number of nitrogens with zero attached hydrogens (tertiary/aromatic N) is 5. The van der Waals surface area contributed by atoms with Crippen molar-refractivity contribution >= 4 is 5.91 Å². The van der Waals surface area contributed by atoms with Crippen LogP contribution in [0.2, 0.25) is 0 Å². The fourth-order valence-electron chi connectivity index (χ4n) is 3.49. The lowest BCUT2D eigenvalue weighted by Gasteiger charge is -2.33. The van der Waals surface area contributed by atoms with E-state index in [0.29, 0.717) is 6.42 Å². The Labute approximate surface area is 153 Å². The molecule has 1 aromatic carbocycles. The summed E-state index contributed by atoms with van der Waals surface area (Å²) in [6.07, 6.45) is 10.1. The Hall–Kier alpha value is -2.89. The molecule has 6 heteroatoms. The lowest BCUT2D eigenvalue weighted by atomic mass is 10.0. The molecule has 4 rings (SSSR count). The molecule has 1 unspecified atom stereocenters. The zero-order valence-electron chi connectivity index (χ0n) is 15.0. The first-order chi connectivity index (χ1) is 12.7. The van der Waals surface area contributed by atoms with Crippen LogP contribution in [0.1, 0.15) is 30.0 Å². The van der Waals surface area contributed by atoms with E-state index in [1.165, 1.54) is 0 Å². The highest BCUT2D eigenvalue weighted by atomic mass is 16.2. The van der Waals surface area contributed by atoms with E-state index in [4.69, 9.17) is 0 Å². The van der Waals surface area contributed by atoms with Crippen molar-refractivity contribution in [3.05, 3.63) is 66.2 Å². The highest BCUT2D eigenvalue weighted by Gasteiger charge is 2.25. The normalized spacial score (nSPS) is 17.4. The van der Waals surface area contributed by atoms with E-state index in [9.17, 15) is 4.79 Å². The summed E-state index contributed by atoms with van der Waals surface area (Å²) in [6.45, 7) is 3.59. The van der Waals surface area contributed by atoms with Crippen LogP contribution in [0.3, 0.4) is 0 Å². The van der Waals surface area contributed by atoms with Crippen molar-refractivity contribution in [1.29, 1.82) is 0 Å². The second kappa shape index (κ2) is 7.15. The molecule has 0 spiro atoms. The van der Waals surface area contributed by atoms with Gasteiger partial charge < -0.3 is 4.90 Å². The molecule has 2 aromatic heterocycles. The average molecular weight is 349 g/mol. The van der Waals surface area contributed by atoms with Gasteiger partial charge in [-0.2, -0.15) is 10.2 Å². The first-order valence-corrected chi connectivity index (χ1v) is 9.06. The Kier molecular flexibility index (Phi) is 4.56. The summed E-state index contributed by atoms with van der Waals surface area (Å²) in [4.78, 5) is 14.7. The number of carbonyl (C=O) groups excluding carboxylic acids is 1. The molecule has 0 radical (unpaired) electrons. The van der Waals surface area contributed by atoms with Crippen molar-refractivity contribution in [1.82, 2.24) is 24.5 Å². The number of amides is 1. The number of benzene rings is 1. The van der Waals surface area contributed by atoms with Gasteiger partial charge in [0.05, 0.1) is 30.5 Å². The highest BCUT2D eigenvalue weighted by molar-refractivity contribution is 5.78. The SMILES string of the molecule is Cc1cnn(C2CCCN(C(=O)Cc3cnn(-c4ccccc4)c3)C2)c1. The fraction of sp³-hybridized carbons (Fsp3) is 0.350. The average Bonchev–Trinajstić information content (AvgIpc) is 3.32. The fourth-order valence-corrected chi connectivity index (χ4v) is 3.49. The third-order valence-electron chi connectivity index (χ3n) is 4.87. The molecular formula is C20H23N5O. The van der Waals surface area contributed by atoms with Crippen LogP contribution in [0.4, 0.5) is 0 Å². The molecule has 1 aliphatic heterocycles. The molecule has 1 aliphatic rings. The summed E-state index contributed by atoms with van der Waals surface area (Å²) in [6, 6.07) is 10.2. The van der Waals surface area contributed by atoms with Gasteiger partial charge in [0.1, 0.15) is 0 Å². The van der Waals surface area contributed by atoms with E-state index >= 15 is 0 Å². The molecule has 3 heterocycles. The second-order valence-corrected chi connectivity index (χ2v) is 6.94. The Morgan fingerprint density at radius 1 is 1.15 bits per heavy atom. The van der Waals surface area contributed by atoms with Gasteiger partial charge in [-0.25, -0.2) is 4.68 Å². The van der Waals surface area contributed by atoms with Crippen molar-refractivity contribution in [3.8, 4) is 5.69 Å². The molecule has 1 amide bonds. The van der Waals surface area contributed by atoms with Crippen LogP contribution in [0.25, 0.3) is 5.69 Å². The van der Waals surface area contributed by atoms with Crippen molar-refractivity contribution in [2.24, 2.45) is 0 Å². The number of para-hydroxylation sites is 1. The standard InChI is InChI=1S/C20H23N5O/c1-16-11-21-24(13-16)19-8-5-9-23(15-19)20(26)10-17-12-22-25(14-17)18-6-3-2-4-7-18/h2-4,6-7,11-14,19H,5,8-10,15H2,1H3. The molecule has 0 saturated carbocycles. The van der Waals surface area contributed by atoms with Crippen molar-refractivity contribution in [2.45, 2.75) is 32.2 Å². The number of rotatable bonds is 4. The maximum atomic E-state index is 12.8. The van der Waals surface area contributed by atoms with Gasteiger partial charge in [-0.3, -0.25) is 9.48 Å². The summed E-state index contributed by atoms with van der Waals surface area (Å²) in [5.74, 6) is 0.159. The number of piperidine rings is 1. The number of hydrogen-bond acceptors (Lipinski definition) is 3. The molecular weight excluding hydrogens is 326 g/mol. The van der Waals surface area contributed by atoms with Gasteiger partial charge >= 0.3 is 0 Å². The minimum atomic E-state index is 0.159. The Bertz CT molecular complexity index is 883. The predicted octanol–water partition coefficient (Wildman–Crippen LogP) is 2.78. The third-order valence-corrected chi connectivity index (χ3v) is 4.87. The van der Waals surface area contributed by atoms with Crippen molar-refractivity contribution in [2.75, 3.05) is 13.1 Å². The van der Waals surface area contributed by atoms with Crippen LogP contribution in [-0.4, -0.2) is 43.5 Å². The van der Waals surface area contributed by atoms with Crippen LogP contribution in [0, 0.1) is 6.92 Å². The molecule has 1 saturated heterocycles. The monoisotopic (exact) mass is 349 g/mol. The minimum Gasteiger partial charge on any atom is -0.340 e. The summed E-state index contributed by atoms with van der Waals surface area (Å²) in [5.41, 5.74) is 3.09. The van der Waals surface area contributed by atoms with Crippen molar-refractivity contribution < 1.29 is 4.79 Å². The van der Waals surface area contributed by atoms with Crippen molar-refractivity contribution in [3.63, 3.8) is 0 Å². The maximum Gasteiger partial charge on any atom is 0.227 e. The maximum absolute atomic E-state index is 12.8. The van der Waals surface area contributed by atoms with Gasteiger partial charge in [0, 0.05) is 25.5 Å². The Morgan fingerprint density at radius 2 is 2.00 bits per heavy atom. The van der Waals surface area contributed by atoms with Crippen LogP contribution in [0.15, 0.2) is 55.1 Å². The number of aryl methyl sites for hydroxylation is 1. The zero-order valence-corrected chi connectivity index (χ0v) is 15.0. The Morgan fingerprint density at radius 3 is 2.77 bits per heavy atom. The van der Waals surface area contributed by atoms with Crippen LogP contribution in [-0.2, 0) is 11.2 Å². The quantitative estimate of drug-likeness (QED) is 0.728. The first-order valence-electron chi connectivity index (χ1n) is 9.06. The largest absolute Gasteiger partial charge is 0.340 e. The predicted molar refractivity (Wildman–Crippen MR) is 99.1 cm³/mol. The number of hydrogen-bond donors (Lipinski definition) is 0. The summed E-state index contributed by atoms with van der Waals surface area (Å²) in [5, 5.41) is 8.80. The molecule has 3 aromatic rings. The van der Waals surface area contributed by atoms with Crippen LogP contribution < -0.4 is 0 Å². The second-order valence-electron chi connectivity index (χ2n) is 6.94. The molecule has 1 fully saturated rings. The van der Waals surface area contributed by atoms with E-state index in [0.717, 1.165) is 42.7 Å². The molecule has 0 aliphatic carbocycles. The van der Waals surface area contributed by atoms with Gasteiger partial charge in [-0.1, -0.05) is 18.2 Å². The van der Waals surface area contributed by atoms with Gasteiger partial charge in [0.2, 0.25) is 5.91 Å². The van der Waals surface area contributed by atoms with E-state index in [1.807, 2.05) is 63.9 Å². The van der Waals surface area contributed by atoms with E-state index < -0.39 is 0 Å². The number of aromatic nitrogens is 4. The smallest absolute Gasteiger partial charge is 0.227 e. The van der Waals surface area contributed by atoms with Gasteiger partial charge in [0.25, 0.3) is 0 Å². The van der Waals surface area contributed by atoms with Crippen LogP contribution >= 0.6 is 0 Å². The van der Waals surface area contributed by atoms with Gasteiger partial charge in [-0.05, 0) is 43.0 Å². The number of likely N-dealkylation sites (tertiary alicyclic amines) is 1. The number of carbonyl (C=O) groups is 1. The molecule has 6 nitrogen and oxygen atoms in total. The summed E-state index contributed by atoms with van der Waals surface area (Å²) in [7, 11) is 0. The third kappa shape index (κ3) is 3.54. The topological polar surface area (TPSA) is 56.0 Å². The lowest BCUT2D eigenvalue weighted by molar-refractivity contribution is -0.132. The van der Waals surface area contributed by atoms with Gasteiger partial charge in [0.15, 0.2) is 0 Å². The molecule has 0 bridgehead atoms. The van der Waals surface area contributed by atoms with Gasteiger partial charge in [-0.15, -0.1) is 0 Å². The summed E-state index contributed by atoms with van der Waals surface area (Å²) >= 11 is 0. The van der Waals surface area contributed by atoms with E-state index in [2.05, 4.69) is 16.4 Å². The Balaban J connectivity index is 1.41. The lowest BCUT2D eigenvalue weighted by Crippen LogP contribution is -2.41. The highest BCUT2D eigenvalue weighted by Crippen LogP contribution is 2.22. The molecule has 1 atom stereocenters. The van der Waals surface area contributed by atoms with E-state index in [1.54, 1.807) is 6.20 Å². The molecule has 0 N–H and O–H groups in total. The van der Waals surface area contributed by atoms with E-state index in [-0.39, 0.29) is 11.9 Å². The van der Waals surface area contributed by atoms with Crippen LogP contribution in [0.5, 0.6) is 0 Å². The minimum absolute atomic E-state index is 0.159. The molecule has 134 valence electrons.